The van der Waals surface area contributed by atoms with Gasteiger partial charge < -0.3 is 11.5 Å². The number of rotatable bonds is 0. The van der Waals surface area contributed by atoms with Crippen LogP contribution in [0.2, 0.25) is 0 Å². The maximum atomic E-state index is 5.61. The van der Waals surface area contributed by atoms with Gasteiger partial charge in [-0.1, -0.05) is 6.07 Å². The Kier molecular flexibility index (Phi) is 1.03. The fourth-order valence-corrected chi connectivity index (χ4v) is 1.05. The van der Waals surface area contributed by atoms with Crippen LogP contribution in [0.4, 0.5) is 11.5 Å². The molecule has 0 bridgehead atoms. The second kappa shape index (κ2) is 1.88. The van der Waals surface area contributed by atoms with Crippen LogP contribution in [-0.2, 0) is 0 Å². The van der Waals surface area contributed by atoms with Crippen molar-refractivity contribution in [3.05, 3.63) is 24.4 Å². The molecule has 2 heterocycles. The smallest absolute Gasteiger partial charge is 0.125 e. The molecule has 56 valence electrons. The molecule has 0 aliphatic heterocycles. The highest BCUT2D eigenvalue weighted by molar-refractivity contribution is 5.70. The SMILES string of the molecule is Nc1cnn2c(N)cccc12. The van der Waals surface area contributed by atoms with Crippen molar-refractivity contribution in [1.82, 2.24) is 9.61 Å². The molecule has 0 aliphatic carbocycles. The predicted molar refractivity (Wildman–Crippen MR) is 44.0 cm³/mol. The second-order valence-corrected chi connectivity index (χ2v) is 2.35. The van der Waals surface area contributed by atoms with Gasteiger partial charge in [0.15, 0.2) is 0 Å². The average Bonchev–Trinajstić information content (AvgIpc) is 2.35. The summed E-state index contributed by atoms with van der Waals surface area (Å²) >= 11 is 0. The molecule has 0 unspecified atom stereocenters. The van der Waals surface area contributed by atoms with Gasteiger partial charge in [0.05, 0.1) is 17.4 Å². The van der Waals surface area contributed by atoms with Crippen LogP contribution in [0.3, 0.4) is 0 Å². The summed E-state index contributed by atoms with van der Waals surface area (Å²) in [6.07, 6.45) is 1.59. The van der Waals surface area contributed by atoms with Crippen molar-refractivity contribution in [2.24, 2.45) is 0 Å². The third-order valence-electron chi connectivity index (χ3n) is 1.60. The summed E-state index contributed by atoms with van der Waals surface area (Å²) in [7, 11) is 0. The Hall–Kier alpha value is -1.71. The highest BCUT2D eigenvalue weighted by Gasteiger charge is 1.99. The topological polar surface area (TPSA) is 69.3 Å². The number of fused-ring (bicyclic) bond motifs is 1. The molecule has 0 spiro atoms. The highest BCUT2D eigenvalue weighted by Crippen LogP contribution is 2.14. The number of aromatic nitrogens is 2. The summed E-state index contributed by atoms with van der Waals surface area (Å²) in [5.74, 6) is 0.596. The molecule has 2 aromatic heterocycles. The lowest BCUT2D eigenvalue weighted by molar-refractivity contribution is 0.974. The molecule has 0 aromatic carbocycles. The van der Waals surface area contributed by atoms with Crippen LogP contribution >= 0.6 is 0 Å². The van der Waals surface area contributed by atoms with E-state index in [4.69, 9.17) is 11.5 Å². The number of nitrogen functional groups attached to an aromatic ring is 2. The van der Waals surface area contributed by atoms with Crippen LogP contribution in [-0.4, -0.2) is 9.61 Å². The third kappa shape index (κ3) is 0.724. The first-order chi connectivity index (χ1) is 5.29. The Morgan fingerprint density at radius 2 is 2.09 bits per heavy atom. The minimum Gasteiger partial charge on any atom is -0.396 e. The molecule has 0 saturated carbocycles. The maximum Gasteiger partial charge on any atom is 0.125 e. The molecule has 4 heteroatoms. The first-order valence-electron chi connectivity index (χ1n) is 3.27. The average molecular weight is 148 g/mol. The van der Waals surface area contributed by atoms with Gasteiger partial charge in [0.2, 0.25) is 0 Å². The van der Waals surface area contributed by atoms with E-state index in [1.54, 1.807) is 16.8 Å². The summed E-state index contributed by atoms with van der Waals surface area (Å²) < 4.78 is 1.61. The van der Waals surface area contributed by atoms with E-state index in [9.17, 15) is 0 Å². The zero-order chi connectivity index (χ0) is 7.84. The molecule has 0 fully saturated rings. The molecule has 0 amide bonds. The molecule has 4 nitrogen and oxygen atoms in total. The molecule has 2 rings (SSSR count). The first-order valence-corrected chi connectivity index (χ1v) is 3.27. The quantitative estimate of drug-likeness (QED) is 0.571. The molecule has 4 N–H and O–H groups in total. The van der Waals surface area contributed by atoms with E-state index in [2.05, 4.69) is 5.10 Å². The molecule has 2 aromatic rings. The first kappa shape index (κ1) is 6.03. The largest absolute Gasteiger partial charge is 0.396 e. The van der Waals surface area contributed by atoms with Crippen LogP contribution in [0.5, 0.6) is 0 Å². The Morgan fingerprint density at radius 3 is 2.82 bits per heavy atom. The number of pyridine rings is 1. The summed E-state index contributed by atoms with van der Waals surface area (Å²) in [5, 5.41) is 3.98. The van der Waals surface area contributed by atoms with Crippen molar-refractivity contribution in [2.75, 3.05) is 11.5 Å². The van der Waals surface area contributed by atoms with E-state index in [1.807, 2.05) is 12.1 Å². The Balaban J connectivity index is 2.94. The fraction of sp³-hybridized carbons (Fsp3) is 0. The number of hydrogen-bond donors (Lipinski definition) is 2. The highest BCUT2D eigenvalue weighted by atomic mass is 15.3. The summed E-state index contributed by atoms with van der Waals surface area (Å²) in [5.41, 5.74) is 12.7. The number of nitrogens with zero attached hydrogens (tertiary/aromatic N) is 2. The molecule has 0 radical (unpaired) electrons. The van der Waals surface area contributed by atoms with Gasteiger partial charge in [-0.25, -0.2) is 4.52 Å². The van der Waals surface area contributed by atoms with Crippen LogP contribution in [0.25, 0.3) is 5.52 Å². The fourth-order valence-electron chi connectivity index (χ4n) is 1.05. The van der Waals surface area contributed by atoms with Gasteiger partial charge in [-0.2, -0.15) is 5.10 Å². The monoisotopic (exact) mass is 148 g/mol. The van der Waals surface area contributed by atoms with E-state index in [1.165, 1.54) is 0 Å². The summed E-state index contributed by atoms with van der Waals surface area (Å²) in [4.78, 5) is 0. The van der Waals surface area contributed by atoms with E-state index in [0.717, 1.165) is 5.52 Å². The minimum absolute atomic E-state index is 0.596. The summed E-state index contributed by atoms with van der Waals surface area (Å²) in [6, 6.07) is 5.50. The molecule has 11 heavy (non-hydrogen) atoms. The van der Waals surface area contributed by atoms with Gasteiger partial charge in [0, 0.05) is 0 Å². The van der Waals surface area contributed by atoms with E-state index in [0.29, 0.717) is 11.5 Å². The van der Waals surface area contributed by atoms with Crippen molar-refractivity contribution in [2.45, 2.75) is 0 Å². The van der Waals surface area contributed by atoms with Gasteiger partial charge in [-0.3, -0.25) is 0 Å². The van der Waals surface area contributed by atoms with Gasteiger partial charge >= 0.3 is 0 Å². The zero-order valence-corrected chi connectivity index (χ0v) is 5.86. The molecule has 0 aliphatic rings. The van der Waals surface area contributed by atoms with Crippen molar-refractivity contribution < 1.29 is 0 Å². The van der Waals surface area contributed by atoms with E-state index >= 15 is 0 Å². The molecule has 0 saturated heterocycles. The van der Waals surface area contributed by atoms with Crippen molar-refractivity contribution in [3.63, 3.8) is 0 Å². The van der Waals surface area contributed by atoms with Gasteiger partial charge in [0.1, 0.15) is 5.82 Å². The standard InChI is InChI=1S/C7H8N4/c8-5-4-10-11-6(5)2-1-3-7(11)9/h1-4H,8-9H2. The van der Waals surface area contributed by atoms with Crippen LogP contribution < -0.4 is 11.5 Å². The molecular weight excluding hydrogens is 140 g/mol. The van der Waals surface area contributed by atoms with Crippen LogP contribution in [0, 0.1) is 0 Å². The Labute approximate surface area is 63.4 Å². The maximum absolute atomic E-state index is 5.61. The lowest BCUT2D eigenvalue weighted by Crippen LogP contribution is -1.96. The van der Waals surface area contributed by atoms with Crippen LogP contribution in [0.1, 0.15) is 0 Å². The summed E-state index contributed by atoms with van der Waals surface area (Å²) in [6.45, 7) is 0. The van der Waals surface area contributed by atoms with Crippen molar-refractivity contribution in [1.29, 1.82) is 0 Å². The van der Waals surface area contributed by atoms with Gasteiger partial charge in [-0.05, 0) is 12.1 Å². The second-order valence-electron chi connectivity index (χ2n) is 2.35. The predicted octanol–water partition coefficient (Wildman–Crippen LogP) is 0.499. The minimum atomic E-state index is 0.596. The zero-order valence-electron chi connectivity index (χ0n) is 5.86. The Bertz CT molecular complexity index is 390. The van der Waals surface area contributed by atoms with Crippen LogP contribution in [0.15, 0.2) is 24.4 Å². The van der Waals surface area contributed by atoms with Crippen molar-refractivity contribution in [3.8, 4) is 0 Å². The number of nitrogens with two attached hydrogens (primary N) is 2. The number of hydrogen-bond acceptors (Lipinski definition) is 3. The van der Waals surface area contributed by atoms with E-state index in [-0.39, 0.29) is 0 Å². The molecular formula is C7H8N4. The normalized spacial score (nSPS) is 10.5. The number of anilines is 2. The Morgan fingerprint density at radius 1 is 1.27 bits per heavy atom. The van der Waals surface area contributed by atoms with Gasteiger partial charge in [-0.15, -0.1) is 0 Å². The lowest BCUT2D eigenvalue weighted by atomic mass is 10.3. The van der Waals surface area contributed by atoms with Crippen molar-refractivity contribution >= 4 is 17.0 Å². The lowest BCUT2D eigenvalue weighted by Gasteiger charge is -1.96. The van der Waals surface area contributed by atoms with E-state index < -0.39 is 0 Å². The molecule has 0 atom stereocenters. The van der Waals surface area contributed by atoms with Gasteiger partial charge in [0.25, 0.3) is 0 Å². The third-order valence-corrected chi connectivity index (χ3v) is 1.60.